The number of carbonyl (C=O) groups excluding carboxylic acids is 2. The predicted molar refractivity (Wildman–Crippen MR) is 189 cm³/mol. The Morgan fingerprint density at radius 1 is 0.426 bits per heavy atom. The van der Waals surface area contributed by atoms with Crippen LogP contribution in [0.15, 0.2) is 128 Å². The van der Waals surface area contributed by atoms with Crippen molar-refractivity contribution in [2.75, 3.05) is 4.90 Å². The topological polar surface area (TPSA) is 52.2 Å². The molecule has 0 fully saturated rings. The van der Waals surface area contributed by atoms with Crippen LogP contribution in [0.5, 0.6) is 0 Å². The largest absolute Gasteiger partial charge is 0.348 e. The molecule has 0 spiro atoms. The van der Waals surface area contributed by atoms with E-state index in [0.717, 1.165) is 39.1 Å². The fourth-order valence-electron chi connectivity index (χ4n) is 7.39. The molecule has 8 aromatic rings. The molecule has 1 aliphatic rings. The zero-order chi connectivity index (χ0) is 32.0. The Balaban J connectivity index is 1.22. The predicted octanol–water partition coefficient (Wildman–Crippen LogP) is 9.07. The van der Waals surface area contributed by atoms with Gasteiger partial charge in [-0.3, -0.25) is 9.59 Å². The third-order valence-electron chi connectivity index (χ3n) is 9.70. The van der Waals surface area contributed by atoms with Crippen molar-refractivity contribution < 1.29 is 9.59 Å². The number of anilines is 3. The monoisotopic (exact) mass is 610 g/mol. The second-order valence-electron chi connectivity index (χ2n) is 12.4. The lowest BCUT2D eigenvalue weighted by molar-refractivity contribution is 0.0979. The van der Waals surface area contributed by atoms with E-state index in [1.54, 1.807) is 30.3 Å². The SMILES string of the molecule is Cn1cc(N(c2cn(C)c3ccccc23)c2cn(C)c3cc(-c4ccc5c(c4)C(=O)c4ccccc4C5=O)ccc23)c2ccccc21. The molecule has 3 heterocycles. The zero-order valence-corrected chi connectivity index (χ0v) is 26.2. The van der Waals surface area contributed by atoms with Crippen LogP contribution in [0, 0.1) is 0 Å². The standard InChI is InChI=1S/C41H30N4O2/c1-42-22-37(30-12-6-8-14-34(30)42)45(38-23-43(2)35-15-9-7-13-31(35)38)39-24-44(3)36-21-26(17-19-32(36)39)25-16-18-29-33(20-25)41(47)28-11-5-4-10-27(28)40(29)46/h4-24H,1-3H3. The van der Waals surface area contributed by atoms with E-state index in [-0.39, 0.29) is 11.6 Å². The minimum atomic E-state index is -0.111. The average molecular weight is 611 g/mol. The van der Waals surface area contributed by atoms with E-state index in [2.05, 4.69) is 125 Å². The summed E-state index contributed by atoms with van der Waals surface area (Å²) >= 11 is 0. The fraction of sp³-hybridized carbons (Fsp3) is 0.0732. The maximum Gasteiger partial charge on any atom is 0.194 e. The van der Waals surface area contributed by atoms with E-state index in [9.17, 15) is 9.59 Å². The molecule has 0 saturated heterocycles. The normalized spacial score (nSPS) is 12.7. The van der Waals surface area contributed by atoms with Crippen LogP contribution in [0.25, 0.3) is 43.8 Å². The number of hydrogen-bond acceptors (Lipinski definition) is 3. The van der Waals surface area contributed by atoms with Gasteiger partial charge in [0.2, 0.25) is 0 Å². The number of ketones is 2. The summed E-state index contributed by atoms with van der Waals surface area (Å²) in [6.45, 7) is 0. The third-order valence-corrected chi connectivity index (χ3v) is 9.70. The number of para-hydroxylation sites is 2. The molecule has 6 nitrogen and oxygen atoms in total. The van der Waals surface area contributed by atoms with Crippen molar-refractivity contribution in [2.45, 2.75) is 0 Å². The van der Waals surface area contributed by atoms with Crippen LogP contribution < -0.4 is 4.90 Å². The second kappa shape index (κ2) is 9.93. The molecule has 0 saturated carbocycles. The Bertz CT molecular complexity index is 2530. The zero-order valence-electron chi connectivity index (χ0n) is 26.2. The molecule has 5 aromatic carbocycles. The molecule has 9 rings (SSSR count). The van der Waals surface area contributed by atoms with Crippen molar-refractivity contribution in [3.05, 3.63) is 150 Å². The third kappa shape index (κ3) is 3.91. The van der Waals surface area contributed by atoms with Crippen LogP contribution in [0.4, 0.5) is 17.1 Å². The quantitative estimate of drug-likeness (QED) is 0.200. The van der Waals surface area contributed by atoms with E-state index in [1.165, 1.54) is 21.8 Å². The Morgan fingerprint density at radius 3 is 1.45 bits per heavy atom. The Kier molecular flexibility index (Phi) is 5.74. The van der Waals surface area contributed by atoms with E-state index in [0.29, 0.717) is 22.3 Å². The summed E-state index contributed by atoms with van der Waals surface area (Å²) in [5.41, 5.74) is 10.4. The average Bonchev–Trinajstić information content (AvgIpc) is 3.74. The van der Waals surface area contributed by atoms with E-state index in [1.807, 2.05) is 12.1 Å². The molecular weight excluding hydrogens is 580 g/mol. The van der Waals surface area contributed by atoms with Crippen LogP contribution in [0.2, 0.25) is 0 Å². The minimum absolute atomic E-state index is 0.105. The molecule has 0 atom stereocenters. The molecule has 0 amide bonds. The van der Waals surface area contributed by atoms with E-state index < -0.39 is 0 Å². The van der Waals surface area contributed by atoms with Crippen LogP contribution >= 0.6 is 0 Å². The van der Waals surface area contributed by atoms with Gasteiger partial charge in [-0.25, -0.2) is 0 Å². The first-order valence-electron chi connectivity index (χ1n) is 15.7. The number of aryl methyl sites for hydroxylation is 3. The van der Waals surface area contributed by atoms with Crippen LogP contribution in [0.3, 0.4) is 0 Å². The lowest BCUT2D eigenvalue weighted by Gasteiger charge is -2.23. The highest BCUT2D eigenvalue weighted by Crippen LogP contribution is 2.46. The first-order valence-corrected chi connectivity index (χ1v) is 15.7. The molecule has 47 heavy (non-hydrogen) atoms. The van der Waals surface area contributed by atoms with Gasteiger partial charge in [0.05, 0.1) is 22.6 Å². The highest BCUT2D eigenvalue weighted by molar-refractivity contribution is 6.28. The summed E-state index contributed by atoms with van der Waals surface area (Å²) in [5.74, 6) is -0.216. The lowest BCUT2D eigenvalue weighted by atomic mass is 9.83. The first-order chi connectivity index (χ1) is 22.9. The fourth-order valence-corrected chi connectivity index (χ4v) is 7.39. The highest BCUT2D eigenvalue weighted by Gasteiger charge is 2.30. The molecule has 3 aromatic heterocycles. The van der Waals surface area contributed by atoms with Gasteiger partial charge in [-0.1, -0.05) is 78.9 Å². The van der Waals surface area contributed by atoms with Gasteiger partial charge >= 0.3 is 0 Å². The summed E-state index contributed by atoms with van der Waals surface area (Å²) in [6, 6.07) is 36.2. The van der Waals surface area contributed by atoms with Crippen molar-refractivity contribution >= 4 is 61.3 Å². The smallest absolute Gasteiger partial charge is 0.194 e. The maximum absolute atomic E-state index is 13.5. The second-order valence-corrected chi connectivity index (χ2v) is 12.4. The Labute approximate surface area is 271 Å². The van der Waals surface area contributed by atoms with Gasteiger partial charge in [0.25, 0.3) is 0 Å². The van der Waals surface area contributed by atoms with Gasteiger partial charge in [0.1, 0.15) is 0 Å². The van der Waals surface area contributed by atoms with Crippen molar-refractivity contribution in [3.63, 3.8) is 0 Å². The van der Waals surface area contributed by atoms with Gasteiger partial charge < -0.3 is 18.6 Å². The number of hydrogen-bond donors (Lipinski definition) is 0. The number of rotatable bonds is 4. The first kappa shape index (κ1) is 27.2. The highest BCUT2D eigenvalue weighted by atomic mass is 16.1. The summed E-state index contributed by atoms with van der Waals surface area (Å²) < 4.78 is 6.54. The van der Waals surface area contributed by atoms with Crippen LogP contribution in [-0.2, 0) is 21.1 Å². The number of carbonyl (C=O) groups is 2. The molecule has 0 unspecified atom stereocenters. The molecular formula is C41H30N4O2. The summed E-state index contributed by atoms with van der Waals surface area (Å²) in [6.07, 6.45) is 6.62. The number of benzene rings is 5. The molecule has 0 radical (unpaired) electrons. The van der Waals surface area contributed by atoms with Crippen LogP contribution in [0.1, 0.15) is 31.8 Å². The molecule has 1 aliphatic carbocycles. The lowest BCUT2D eigenvalue weighted by Crippen LogP contribution is -2.20. The van der Waals surface area contributed by atoms with Gasteiger partial charge in [-0.15, -0.1) is 0 Å². The molecule has 0 aliphatic heterocycles. The molecule has 6 heteroatoms. The number of fused-ring (bicyclic) bond motifs is 5. The number of aromatic nitrogens is 3. The summed E-state index contributed by atoms with van der Waals surface area (Å²) in [4.78, 5) is 29.1. The minimum Gasteiger partial charge on any atom is -0.348 e. The van der Waals surface area contributed by atoms with Crippen molar-refractivity contribution in [1.29, 1.82) is 0 Å². The molecule has 226 valence electrons. The summed E-state index contributed by atoms with van der Waals surface area (Å²) in [7, 11) is 6.27. The number of nitrogens with zero attached hydrogens (tertiary/aromatic N) is 4. The maximum atomic E-state index is 13.5. The van der Waals surface area contributed by atoms with Crippen molar-refractivity contribution in [1.82, 2.24) is 13.7 Å². The van der Waals surface area contributed by atoms with E-state index >= 15 is 0 Å². The van der Waals surface area contributed by atoms with Crippen LogP contribution in [-0.4, -0.2) is 25.3 Å². The van der Waals surface area contributed by atoms with Gasteiger partial charge in [-0.2, -0.15) is 0 Å². The van der Waals surface area contributed by atoms with Crippen molar-refractivity contribution in [2.24, 2.45) is 21.1 Å². The van der Waals surface area contributed by atoms with Gasteiger partial charge in [0.15, 0.2) is 11.6 Å². The molecule has 0 bridgehead atoms. The Morgan fingerprint density at radius 2 is 0.851 bits per heavy atom. The Hall–Kier alpha value is -6.14. The van der Waals surface area contributed by atoms with Crippen molar-refractivity contribution in [3.8, 4) is 11.1 Å². The molecule has 0 N–H and O–H groups in total. The summed E-state index contributed by atoms with van der Waals surface area (Å²) in [5, 5.41) is 3.45. The van der Waals surface area contributed by atoms with Gasteiger partial charge in [0, 0.05) is 89.2 Å². The van der Waals surface area contributed by atoms with E-state index in [4.69, 9.17) is 0 Å². The van der Waals surface area contributed by atoms with Gasteiger partial charge in [-0.05, 0) is 41.5 Å².